The van der Waals surface area contributed by atoms with Gasteiger partial charge < -0.3 is 16.0 Å². The number of amides is 1. The highest BCUT2D eigenvalue weighted by Gasteiger charge is 2.14. The SMILES string of the molecule is Cc1cccc(CCNC(=O)[C@@H](N)Cc2cnc[nH]2)c1. The van der Waals surface area contributed by atoms with E-state index in [0.717, 1.165) is 12.1 Å². The maximum atomic E-state index is 11.9. The van der Waals surface area contributed by atoms with E-state index in [1.54, 1.807) is 12.5 Å². The molecular formula is C15H20N4O. The minimum absolute atomic E-state index is 0.132. The monoisotopic (exact) mass is 272 g/mol. The van der Waals surface area contributed by atoms with Crippen LogP contribution in [-0.4, -0.2) is 28.5 Å². The first-order valence-electron chi connectivity index (χ1n) is 6.71. The van der Waals surface area contributed by atoms with Crippen LogP contribution < -0.4 is 11.1 Å². The zero-order chi connectivity index (χ0) is 14.4. The van der Waals surface area contributed by atoms with Gasteiger partial charge in [0, 0.05) is 24.9 Å². The first-order chi connectivity index (χ1) is 9.65. The van der Waals surface area contributed by atoms with Crippen molar-refractivity contribution in [2.75, 3.05) is 6.54 Å². The Morgan fingerprint density at radius 3 is 3.05 bits per heavy atom. The molecule has 0 saturated carbocycles. The molecule has 0 saturated heterocycles. The highest BCUT2D eigenvalue weighted by Crippen LogP contribution is 2.04. The molecule has 1 atom stereocenters. The Morgan fingerprint density at radius 2 is 2.35 bits per heavy atom. The van der Waals surface area contributed by atoms with Crippen molar-refractivity contribution in [1.29, 1.82) is 0 Å². The Bertz CT molecular complexity index is 551. The van der Waals surface area contributed by atoms with E-state index < -0.39 is 6.04 Å². The molecule has 0 spiro atoms. The minimum atomic E-state index is -0.548. The van der Waals surface area contributed by atoms with E-state index in [4.69, 9.17) is 5.73 Å². The van der Waals surface area contributed by atoms with E-state index >= 15 is 0 Å². The van der Waals surface area contributed by atoms with Crippen LogP contribution in [0.1, 0.15) is 16.8 Å². The largest absolute Gasteiger partial charge is 0.354 e. The molecule has 0 aliphatic carbocycles. The number of aromatic nitrogens is 2. The maximum absolute atomic E-state index is 11.9. The van der Waals surface area contributed by atoms with E-state index in [9.17, 15) is 4.79 Å². The number of rotatable bonds is 6. The summed E-state index contributed by atoms with van der Waals surface area (Å²) in [6.45, 7) is 2.65. The summed E-state index contributed by atoms with van der Waals surface area (Å²) in [5.74, 6) is -0.132. The fourth-order valence-electron chi connectivity index (χ4n) is 2.05. The van der Waals surface area contributed by atoms with Crippen molar-refractivity contribution in [1.82, 2.24) is 15.3 Å². The first-order valence-corrected chi connectivity index (χ1v) is 6.71. The van der Waals surface area contributed by atoms with Crippen LogP contribution in [0.4, 0.5) is 0 Å². The van der Waals surface area contributed by atoms with E-state index in [0.29, 0.717) is 13.0 Å². The van der Waals surface area contributed by atoms with Gasteiger partial charge in [0.2, 0.25) is 5.91 Å². The minimum Gasteiger partial charge on any atom is -0.354 e. The second-order valence-corrected chi connectivity index (χ2v) is 4.92. The highest BCUT2D eigenvalue weighted by atomic mass is 16.2. The molecule has 1 aromatic heterocycles. The summed E-state index contributed by atoms with van der Waals surface area (Å²) in [5.41, 5.74) is 9.16. The second-order valence-electron chi connectivity index (χ2n) is 4.92. The summed E-state index contributed by atoms with van der Waals surface area (Å²) in [5, 5.41) is 2.86. The molecule has 5 heteroatoms. The van der Waals surface area contributed by atoms with Crippen LogP contribution in [0, 0.1) is 6.92 Å². The third-order valence-corrected chi connectivity index (χ3v) is 3.13. The van der Waals surface area contributed by atoms with Gasteiger partial charge in [0.25, 0.3) is 0 Å². The molecule has 0 radical (unpaired) electrons. The van der Waals surface area contributed by atoms with Crippen molar-refractivity contribution in [3.05, 3.63) is 53.6 Å². The standard InChI is InChI=1S/C15H20N4O/c1-11-3-2-4-12(7-11)5-6-18-15(20)14(16)8-13-9-17-10-19-13/h2-4,7,9-10,14H,5-6,8,16H2,1H3,(H,17,19)(H,18,20)/t14-/m0/s1. The summed E-state index contributed by atoms with van der Waals surface area (Å²) in [7, 11) is 0. The molecule has 5 nitrogen and oxygen atoms in total. The van der Waals surface area contributed by atoms with Crippen molar-refractivity contribution in [2.45, 2.75) is 25.8 Å². The topological polar surface area (TPSA) is 83.8 Å². The molecule has 0 aliphatic rings. The lowest BCUT2D eigenvalue weighted by atomic mass is 10.1. The zero-order valence-electron chi connectivity index (χ0n) is 11.6. The summed E-state index contributed by atoms with van der Waals surface area (Å²) in [6, 6.07) is 7.71. The number of imidazole rings is 1. The Balaban J connectivity index is 1.74. The zero-order valence-corrected chi connectivity index (χ0v) is 11.6. The molecule has 2 aromatic rings. The number of benzene rings is 1. The first kappa shape index (κ1) is 14.3. The summed E-state index contributed by atoms with van der Waals surface area (Å²) in [6.07, 6.45) is 4.54. The van der Waals surface area contributed by atoms with Gasteiger partial charge in [-0.05, 0) is 18.9 Å². The van der Waals surface area contributed by atoms with Gasteiger partial charge in [-0.2, -0.15) is 0 Å². The number of carbonyl (C=O) groups excluding carboxylic acids is 1. The second kappa shape index (κ2) is 6.86. The van der Waals surface area contributed by atoms with Gasteiger partial charge in [-0.1, -0.05) is 29.8 Å². The predicted octanol–water partition coefficient (Wildman–Crippen LogP) is 0.947. The average molecular weight is 272 g/mol. The van der Waals surface area contributed by atoms with Gasteiger partial charge in [-0.25, -0.2) is 4.98 Å². The quantitative estimate of drug-likeness (QED) is 0.732. The van der Waals surface area contributed by atoms with E-state index in [1.165, 1.54) is 11.1 Å². The third-order valence-electron chi connectivity index (χ3n) is 3.13. The molecule has 20 heavy (non-hydrogen) atoms. The van der Waals surface area contributed by atoms with Gasteiger partial charge in [0.05, 0.1) is 12.4 Å². The summed E-state index contributed by atoms with van der Waals surface area (Å²) in [4.78, 5) is 18.7. The van der Waals surface area contributed by atoms with Gasteiger partial charge in [0.1, 0.15) is 0 Å². The number of carbonyl (C=O) groups is 1. The van der Waals surface area contributed by atoms with Gasteiger partial charge in [-0.15, -0.1) is 0 Å². The third kappa shape index (κ3) is 4.20. The number of hydrogen-bond acceptors (Lipinski definition) is 3. The number of hydrogen-bond donors (Lipinski definition) is 3. The number of nitrogens with zero attached hydrogens (tertiary/aromatic N) is 1. The molecule has 4 N–H and O–H groups in total. The van der Waals surface area contributed by atoms with Crippen molar-refractivity contribution < 1.29 is 4.79 Å². The molecule has 0 aliphatic heterocycles. The Kier molecular flexibility index (Phi) is 4.90. The van der Waals surface area contributed by atoms with E-state index in [-0.39, 0.29) is 5.91 Å². The Labute approximate surface area is 118 Å². The van der Waals surface area contributed by atoms with Crippen molar-refractivity contribution in [3.8, 4) is 0 Å². The Hall–Kier alpha value is -2.14. The van der Waals surface area contributed by atoms with Crippen LogP contribution >= 0.6 is 0 Å². The lowest BCUT2D eigenvalue weighted by Crippen LogP contribution is -2.42. The van der Waals surface area contributed by atoms with Crippen LogP contribution in [0.25, 0.3) is 0 Å². The van der Waals surface area contributed by atoms with E-state index in [2.05, 4.69) is 40.4 Å². The smallest absolute Gasteiger partial charge is 0.237 e. The van der Waals surface area contributed by atoms with Gasteiger partial charge >= 0.3 is 0 Å². The van der Waals surface area contributed by atoms with Crippen LogP contribution in [0.2, 0.25) is 0 Å². The molecule has 0 bridgehead atoms. The fourth-order valence-corrected chi connectivity index (χ4v) is 2.05. The van der Waals surface area contributed by atoms with Crippen molar-refractivity contribution >= 4 is 5.91 Å². The van der Waals surface area contributed by atoms with E-state index in [1.807, 2.05) is 6.07 Å². The van der Waals surface area contributed by atoms with Crippen LogP contribution in [0.15, 0.2) is 36.8 Å². The lowest BCUT2D eigenvalue weighted by Gasteiger charge is -2.11. The summed E-state index contributed by atoms with van der Waals surface area (Å²) >= 11 is 0. The van der Waals surface area contributed by atoms with Crippen LogP contribution in [0.3, 0.4) is 0 Å². The molecule has 1 heterocycles. The molecule has 1 aromatic carbocycles. The molecule has 106 valence electrons. The fraction of sp³-hybridized carbons (Fsp3) is 0.333. The molecule has 0 fully saturated rings. The van der Waals surface area contributed by atoms with Crippen LogP contribution in [-0.2, 0) is 17.6 Å². The number of aromatic amines is 1. The lowest BCUT2D eigenvalue weighted by molar-refractivity contribution is -0.122. The predicted molar refractivity (Wildman–Crippen MR) is 78.2 cm³/mol. The number of nitrogens with one attached hydrogen (secondary N) is 2. The number of nitrogens with two attached hydrogens (primary N) is 1. The van der Waals surface area contributed by atoms with Crippen molar-refractivity contribution in [2.24, 2.45) is 5.73 Å². The summed E-state index contributed by atoms with van der Waals surface area (Å²) < 4.78 is 0. The molecule has 0 unspecified atom stereocenters. The normalized spacial score (nSPS) is 12.1. The van der Waals surface area contributed by atoms with Crippen molar-refractivity contribution in [3.63, 3.8) is 0 Å². The number of aryl methyl sites for hydroxylation is 1. The highest BCUT2D eigenvalue weighted by molar-refractivity contribution is 5.81. The molecular weight excluding hydrogens is 252 g/mol. The van der Waals surface area contributed by atoms with Gasteiger partial charge in [-0.3, -0.25) is 4.79 Å². The molecule has 1 amide bonds. The number of H-pyrrole nitrogens is 1. The average Bonchev–Trinajstić information content (AvgIpc) is 2.91. The van der Waals surface area contributed by atoms with Crippen LogP contribution in [0.5, 0.6) is 0 Å². The maximum Gasteiger partial charge on any atom is 0.237 e. The Morgan fingerprint density at radius 1 is 1.50 bits per heavy atom. The molecule has 2 rings (SSSR count). The van der Waals surface area contributed by atoms with Gasteiger partial charge in [0.15, 0.2) is 0 Å².